The molecule has 5 heteroatoms. The van der Waals surface area contributed by atoms with Gasteiger partial charge in [0, 0.05) is 32.2 Å². The first kappa shape index (κ1) is 13.2. The van der Waals surface area contributed by atoms with Crippen molar-refractivity contribution in [1.82, 2.24) is 10.3 Å². The van der Waals surface area contributed by atoms with Crippen LogP contribution >= 0.6 is 0 Å². The molecule has 0 aliphatic carbocycles. The van der Waals surface area contributed by atoms with E-state index in [1.807, 2.05) is 0 Å². The lowest BCUT2D eigenvalue weighted by molar-refractivity contribution is -0.103. The third-order valence-corrected chi connectivity index (χ3v) is 3.94. The van der Waals surface area contributed by atoms with Crippen LogP contribution in [-0.2, 0) is 9.47 Å². The van der Waals surface area contributed by atoms with Gasteiger partial charge in [0.15, 0.2) is 0 Å². The third kappa shape index (κ3) is 3.17. The minimum atomic E-state index is -0.0235. The Hall–Kier alpha value is -0.200. The second-order valence-electron chi connectivity index (χ2n) is 5.62. The number of nitrogens with two attached hydrogens (primary N) is 1. The van der Waals surface area contributed by atoms with E-state index in [2.05, 4.69) is 24.4 Å². The molecule has 0 amide bonds. The van der Waals surface area contributed by atoms with Crippen LogP contribution in [0.1, 0.15) is 19.3 Å². The van der Waals surface area contributed by atoms with Crippen molar-refractivity contribution in [1.29, 1.82) is 0 Å². The Balaban J connectivity index is 1.95. The highest BCUT2D eigenvalue weighted by atomic mass is 16.6. The molecule has 0 aromatic carbocycles. The zero-order chi connectivity index (χ0) is 12.3. The normalized spacial score (nSPS) is 35.6. The number of nitrogens with zero attached hydrogens (tertiary/aromatic N) is 1. The molecule has 3 unspecified atom stereocenters. The molecule has 3 atom stereocenters. The summed E-state index contributed by atoms with van der Waals surface area (Å²) in [6.07, 6.45) is 3.18. The lowest BCUT2D eigenvalue weighted by atomic mass is 9.81. The minimum absolute atomic E-state index is 0.0235. The highest BCUT2D eigenvalue weighted by Crippen LogP contribution is 2.37. The van der Waals surface area contributed by atoms with Crippen molar-refractivity contribution in [3.8, 4) is 0 Å². The van der Waals surface area contributed by atoms with Crippen LogP contribution in [0.5, 0.6) is 0 Å². The molecule has 2 aliphatic rings. The first-order chi connectivity index (χ1) is 8.15. The maximum Gasteiger partial charge on any atom is 0.0939 e. The predicted octanol–water partition coefficient (Wildman–Crippen LogP) is -0.0344. The zero-order valence-corrected chi connectivity index (χ0v) is 10.9. The van der Waals surface area contributed by atoms with E-state index in [9.17, 15) is 0 Å². The molecule has 2 saturated heterocycles. The molecule has 0 saturated carbocycles. The molecule has 0 bridgehead atoms. The average Bonchev–Trinajstić information content (AvgIpc) is 2.74. The van der Waals surface area contributed by atoms with E-state index >= 15 is 0 Å². The summed E-state index contributed by atoms with van der Waals surface area (Å²) in [6, 6.07) is 0.339. The molecule has 0 aromatic heterocycles. The van der Waals surface area contributed by atoms with E-state index in [0.29, 0.717) is 12.0 Å². The molecular formula is C12H25N3O2. The largest absolute Gasteiger partial charge is 0.378 e. The van der Waals surface area contributed by atoms with Gasteiger partial charge in [0.05, 0.1) is 12.2 Å². The summed E-state index contributed by atoms with van der Waals surface area (Å²) in [5.74, 6) is 6.27. The van der Waals surface area contributed by atoms with E-state index in [0.717, 1.165) is 45.6 Å². The van der Waals surface area contributed by atoms with Gasteiger partial charge >= 0.3 is 0 Å². The van der Waals surface area contributed by atoms with Gasteiger partial charge in [-0.05, 0) is 32.9 Å². The average molecular weight is 243 g/mol. The van der Waals surface area contributed by atoms with Crippen molar-refractivity contribution in [2.75, 3.05) is 40.5 Å². The Labute approximate surface area is 104 Å². The molecule has 100 valence electrons. The Morgan fingerprint density at radius 1 is 1.47 bits per heavy atom. The standard InChI is InChI=1S/C12H25N3O2/c1-15(2)8-11(14-13)10-3-5-17-12(7-10)4-6-16-9-12/h10-11,14H,3-9,13H2,1-2H3. The SMILES string of the molecule is CN(C)CC(NN)C1CCOC2(CCOC2)C1. The molecule has 5 nitrogen and oxygen atoms in total. The van der Waals surface area contributed by atoms with E-state index in [1.54, 1.807) is 0 Å². The van der Waals surface area contributed by atoms with Crippen LogP contribution in [0.15, 0.2) is 0 Å². The van der Waals surface area contributed by atoms with Gasteiger partial charge in [0.25, 0.3) is 0 Å². The second kappa shape index (κ2) is 5.63. The van der Waals surface area contributed by atoms with Gasteiger partial charge in [-0.3, -0.25) is 11.3 Å². The van der Waals surface area contributed by atoms with Crippen LogP contribution < -0.4 is 11.3 Å². The Bertz CT molecular complexity index is 242. The number of nitrogens with one attached hydrogen (secondary N) is 1. The molecule has 0 radical (unpaired) electrons. The first-order valence-electron chi connectivity index (χ1n) is 6.48. The molecule has 3 N–H and O–H groups in total. The monoisotopic (exact) mass is 243 g/mol. The molecule has 2 aliphatic heterocycles. The third-order valence-electron chi connectivity index (χ3n) is 3.94. The van der Waals surface area contributed by atoms with Crippen molar-refractivity contribution in [3.63, 3.8) is 0 Å². The van der Waals surface area contributed by atoms with Crippen molar-refractivity contribution < 1.29 is 9.47 Å². The van der Waals surface area contributed by atoms with E-state index in [1.165, 1.54) is 0 Å². The van der Waals surface area contributed by atoms with Gasteiger partial charge in [-0.25, -0.2) is 0 Å². The number of hydrogen-bond donors (Lipinski definition) is 2. The summed E-state index contributed by atoms with van der Waals surface area (Å²) in [5.41, 5.74) is 2.95. The molecule has 0 aromatic rings. The van der Waals surface area contributed by atoms with Gasteiger partial charge in [-0.15, -0.1) is 0 Å². The predicted molar refractivity (Wildman–Crippen MR) is 66.5 cm³/mol. The summed E-state index contributed by atoms with van der Waals surface area (Å²) >= 11 is 0. The highest BCUT2D eigenvalue weighted by Gasteiger charge is 2.42. The fourth-order valence-electron chi connectivity index (χ4n) is 3.00. The smallest absolute Gasteiger partial charge is 0.0939 e. The fraction of sp³-hybridized carbons (Fsp3) is 1.00. The van der Waals surface area contributed by atoms with Gasteiger partial charge in [-0.1, -0.05) is 0 Å². The molecule has 2 heterocycles. The topological polar surface area (TPSA) is 59.8 Å². The van der Waals surface area contributed by atoms with Crippen molar-refractivity contribution in [2.45, 2.75) is 30.9 Å². The molecule has 2 fully saturated rings. The maximum atomic E-state index is 5.95. The Kier molecular flexibility index (Phi) is 4.38. The minimum Gasteiger partial charge on any atom is -0.378 e. The number of hydrazine groups is 1. The Morgan fingerprint density at radius 3 is 2.88 bits per heavy atom. The number of hydrogen-bond acceptors (Lipinski definition) is 5. The quantitative estimate of drug-likeness (QED) is 0.536. The van der Waals surface area contributed by atoms with E-state index < -0.39 is 0 Å². The lowest BCUT2D eigenvalue weighted by Gasteiger charge is -2.40. The highest BCUT2D eigenvalue weighted by molar-refractivity contribution is 4.93. The first-order valence-corrected chi connectivity index (χ1v) is 6.48. The zero-order valence-electron chi connectivity index (χ0n) is 10.9. The van der Waals surface area contributed by atoms with Gasteiger partial charge in [0.1, 0.15) is 0 Å². The summed E-state index contributed by atoms with van der Waals surface area (Å²) in [4.78, 5) is 2.18. The molecule has 17 heavy (non-hydrogen) atoms. The lowest BCUT2D eigenvalue weighted by Crippen LogP contribution is -2.52. The number of likely N-dealkylation sites (N-methyl/N-ethyl adjacent to an activating group) is 1. The van der Waals surface area contributed by atoms with Crippen LogP contribution in [0.3, 0.4) is 0 Å². The Morgan fingerprint density at radius 2 is 2.29 bits per heavy atom. The van der Waals surface area contributed by atoms with Gasteiger partial charge < -0.3 is 14.4 Å². The van der Waals surface area contributed by atoms with Crippen LogP contribution in [0, 0.1) is 5.92 Å². The van der Waals surface area contributed by atoms with Crippen molar-refractivity contribution in [3.05, 3.63) is 0 Å². The summed E-state index contributed by atoms with van der Waals surface area (Å²) in [5, 5.41) is 0. The molecule has 2 rings (SSSR count). The van der Waals surface area contributed by atoms with Crippen LogP contribution in [0.25, 0.3) is 0 Å². The second-order valence-corrected chi connectivity index (χ2v) is 5.62. The molecule has 1 spiro atoms. The van der Waals surface area contributed by atoms with Gasteiger partial charge in [0.2, 0.25) is 0 Å². The van der Waals surface area contributed by atoms with E-state index in [4.69, 9.17) is 15.3 Å². The van der Waals surface area contributed by atoms with Crippen LogP contribution in [0.2, 0.25) is 0 Å². The maximum absolute atomic E-state index is 5.95. The van der Waals surface area contributed by atoms with Gasteiger partial charge in [-0.2, -0.15) is 0 Å². The van der Waals surface area contributed by atoms with Crippen molar-refractivity contribution >= 4 is 0 Å². The summed E-state index contributed by atoms with van der Waals surface area (Å²) in [7, 11) is 4.16. The molecular weight excluding hydrogens is 218 g/mol. The van der Waals surface area contributed by atoms with Crippen molar-refractivity contribution in [2.24, 2.45) is 11.8 Å². The number of rotatable bonds is 4. The fourth-order valence-corrected chi connectivity index (χ4v) is 3.00. The summed E-state index contributed by atoms with van der Waals surface area (Å²) in [6.45, 7) is 3.39. The number of ether oxygens (including phenoxy) is 2. The van der Waals surface area contributed by atoms with E-state index in [-0.39, 0.29) is 5.60 Å². The van der Waals surface area contributed by atoms with Crippen LogP contribution in [-0.4, -0.2) is 57.0 Å². The van der Waals surface area contributed by atoms with Crippen LogP contribution in [0.4, 0.5) is 0 Å². The summed E-state index contributed by atoms with van der Waals surface area (Å²) < 4.78 is 11.4.